The van der Waals surface area contributed by atoms with Gasteiger partial charge in [0.25, 0.3) is 0 Å². The number of aliphatic hydroxyl groups excluding tert-OH is 1. The van der Waals surface area contributed by atoms with Crippen LogP contribution in [0.4, 0.5) is 10.5 Å². The Kier molecular flexibility index (Phi) is 4.56. The third-order valence-electron chi connectivity index (χ3n) is 2.41. The molecule has 1 unspecified atom stereocenters. The lowest BCUT2D eigenvalue weighted by molar-refractivity contribution is 0.237. The first-order chi connectivity index (χ1) is 8.08. The Hall–Kier alpha value is -1.99. The van der Waals surface area contributed by atoms with Gasteiger partial charge in [0.05, 0.1) is 6.61 Å². The zero-order valence-corrected chi connectivity index (χ0v) is 9.95. The molecule has 0 radical (unpaired) electrons. The molecule has 0 spiro atoms. The van der Waals surface area contributed by atoms with Crippen molar-refractivity contribution in [2.24, 2.45) is 0 Å². The van der Waals surface area contributed by atoms with Crippen LogP contribution in [0.15, 0.2) is 18.2 Å². The summed E-state index contributed by atoms with van der Waals surface area (Å²) in [6.07, 6.45) is 5.13. The number of anilines is 1. The SMILES string of the molecule is C#CC(CO)NC(=O)Nc1c(C)cccc1C. The molecule has 0 aliphatic rings. The normalized spacial score (nSPS) is 11.4. The number of aryl methyl sites for hydroxylation is 2. The van der Waals surface area contributed by atoms with Gasteiger partial charge in [-0.05, 0) is 25.0 Å². The van der Waals surface area contributed by atoms with Crippen molar-refractivity contribution in [2.75, 3.05) is 11.9 Å². The molecule has 0 fully saturated rings. The predicted molar refractivity (Wildman–Crippen MR) is 67.8 cm³/mol. The lowest BCUT2D eigenvalue weighted by Gasteiger charge is -2.14. The van der Waals surface area contributed by atoms with Crippen molar-refractivity contribution in [1.82, 2.24) is 5.32 Å². The number of hydrogen-bond acceptors (Lipinski definition) is 2. The lowest BCUT2D eigenvalue weighted by atomic mass is 10.1. The quantitative estimate of drug-likeness (QED) is 0.690. The fourth-order valence-corrected chi connectivity index (χ4v) is 1.46. The van der Waals surface area contributed by atoms with Gasteiger partial charge in [0.15, 0.2) is 0 Å². The Morgan fingerprint density at radius 3 is 2.53 bits per heavy atom. The Bertz CT molecular complexity index is 429. The van der Waals surface area contributed by atoms with Gasteiger partial charge in [0.2, 0.25) is 0 Å². The van der Waals surface area contributed by atoms with Crippen LogP contribution in [0.1, 0.15) is 11.1 Å². The highest BCUT2D eigenvalue weighted by atomic mass is 16.3. The molecular weight excluding hydrogens is 216 g/mol. The molecule has 17 heavy (non-hydrogen) atoms. The van der Waals surface area contributed by atoms with Crippen LogP contribution in [0.3, 0.4) is 0 Å². The third-order valence-corrected chi connectivity index (χ3v) is 2.41. The van der Waals surface area contributed by atoms with Gasteiger partial charge in [-0.15, -0.1) is 6.42 Å². The number of terminal acetylenes is 1. The molecule has 0 saturated heterocycles. The number of rotatable bonds is 3. The van der Waals surface area contributed by atoms with Gasteiger partial charge in [-0.3, -0.25) is 0 Å². The van der Waals surface area contributed by atoms with E-state index >= 15 is 0 Å². The van der Waals surface area contributed by atoms with Crippen LogP contribution in [0.2, 0.25) is 0 Å². The highest BCUT2D eigenvalue weighted by Crippen LogP contribution is 2.18. The molecular formula is C13H16N2O2. The largest absolute Gasteiger partial charge is 0.393 e. The maximum atomic E-state index is 11.6. The summed E-state index contributed by atoms with van der Waals surface area (Å²) in [5, 5.41) is 14.1. The standard InChI is InChI=1S/C13H16N2O2/c1-4-11(8-16)14-13(17)15-12-9(2)6-5-7-10(12)3/h1,5-7,11,16H,8H2,2-3H3,(H2,14,15,17). The molecule has 4 heteroatoms. The summed E-state index contributed by atoms with van der Waals surface area (Å²) in [7, 11) is 0. The molecule has 1 atom stereocenters. The van der Waals surface area contributed by atoms with Crippen molar-refractivity contribution >= 4 is 11.7 Å². The van der Waals surface area contributed by atoms with Crippen molar-refractivity contribution in [3.8, 4) is 12.3 Å². The number of amides is 2. The summed E-state index contributed by atoms with van der Waals surface area (Å²) in [5.74, 6) is 2.28. The zero-order chi connectivity index (χ0) is 12.8. The van der Waals surface area contributed by atoms with Crippen LogP contribution >= 0.6 is 0 Å². The van der Waals surface area contributed by atoms with Crippen LogP contribution < -0.4 is 10.6 Å². The number of carbonyl (C=O) groups excluding carboxylic acids is 1. The summed E-state index contributed by atoms with van der Waals surface area (Å²) in [4.78, 5) is 11.6. The average Bonchev–Trinajstić information content (AvgIpc) is 2.31. The van der Waals surface area contributed by atoms with Crippen molar-refractivity contribution < 1.29 is 9.90 Å². The molecule has 0 heterocycles. The highest BCUT2D eigenvalue weighted by Gasteiger charge is 2.10. The number of nitrogens with one attached hydrogen (secondary N) is 2. The van der Waals surface area contributed by atoms with Crippen LogP contribution in [0.25, 0.3) is 0 Å². The molecule has 2 amide bonds. The summed E-state index contributed by atoms with van der Waals surface area (Å²) in [6.45, 7) is 3.54. The van der Waals surface area contributed by atoms with Gasteiger partial charge >= 0.3 is 6.03 Å². The van der Waals surface area contributed by atoms with Crippen molar-refractivity contribution in [1.29, 1.82) is 0 Å². The first-order valence-electron chi connectivity index (χ1n) is 5.29. The number of aliphatic hydroxyl groups is 1. The van der Waals surface area contributed by atoms with Crippen molar-refractivity contribution in [3.63, 3.8) is 0 Å². The maximum Gasteiger partial charge on any atom is 0.320 e. The van der Waals surface area contributed by atoms with E-state index in [4.69, 9.17) is 11.5 Å². The van der Waals surface area contributed by atoms with E-state index in [0.29, 0.717) is 0 Å². The Balaban J connectivity index is 2.72. The molecule has 1 aromatic rings. The molecule has 0 aliphatic heterocycles. The van der Waals surface area contributed by atoms with Crippen molar-refractivity contribution in [2.45, 2.75) is 19.9 Å². The Morgan fingerprint density at radius 2 is 2.06 bits per heavy atom. The number of hydrogen-bond donors (Lipinski definition) is 3. The Morgan fingerprint density at radius 1 is 1.47 bits per heavy atom. The van der Waals surface area contributed by atoms with E-state index in [1.54, 1.807) is 0 Å². The molecule has 1 rings (SSSR count). The highest BCUT2D eigenvalue weighted by molar-refractivity contribution is 5.91. The second-order valence-electron chi connectivity index (χ2n) is 3.77. The van der Waals surface area contributed by atoms with Gasteiger partial charge < -0.3 is 15.7 Å². The monoisotopic (exact) mass is 232 g/mol. The summed E-state index contributed by atoms with van der Waals surface area (Å²) in [5.41, 5.74) is 2.71. The Labute approximate surface area is 101 Å². The van der Waals surface area contributed by atoms with E-state index in [2.05, 4.69) is 16.6 Å². The van der Waals surface area contributed by atoms with E-state index < -0.39 is 12.1 Å². The third kappa shape index (κ3) is 3.51. The topological polar surface area (TPSA) is 61.4 Å². The van der Waals surface area contributed by atoms with E-state index in [1.807, 2.05) is 32.0 Å². The van der Waals surface area contributed by atoms with E-state index in [0.717, 1.165) is 16.8 Å². The van der Waals surface area contributed by atoms with E-state index in [1.165, 1.54) is 0 Å². The molecule has 4 nitrogen and oxygen atoms in total. The number of urea groups is 1. The molecule has 0 aliphatic carbocycles. The summed E-state index contributed by atoms with van der Waals surface area (Å²) in [6, 6.07) is 4.66. The molecule has 0 aromatic heterocycles. The van der Waals surface area contributed by atoms with Gasteiger partial charge in [0, 0.05) is 5.69 Å². The maximum absolute atomic E-state index is 11.6. The molecule has 0 saturated carbocycles. The van der Waals surface area contributed by atoms with Crippen LogP contribution in [-0.4, -0.2) is 23.8 Å². The van der Waals surface area contributed by atoms with Crippen LogP contribution in [0.5, 0.6) is 0 Å². The first kappa shape index (κ1) is 13.1. The average molecular weight is 232 g/mol. The van der Waals surface area contributed by atoms with Crippen molar-refractivity contribution in [3.05, 3.63) is 29.3 Å². The number of carbonyl (C=O) groups is 1. The van der Waals surface area contributed by atoms with Crippen LogP contribution in [-0.2, 0) is 0 Å². The van der Waals surface area contributed by atoms with E-state index in [9.17, 15) is 4.79 Å². The second-order valence-corrected chi connectivity index (χ2v) is 3.77. The molecule has 90 valence electrons. The van der Waals surface area contributed by atoms with Gasteiger partial charge in [-0.2, -0.15) is 0 Å². The zero-order valence-electron chi connectivity index (χ0n) is 9.95. The fourth-order valence-electron chi connectivity index (χ4n) is 1.46. The second kappa shape index (κ2) is 5.92. The summed E-state index contributed by atoms with van der Waals surface area (Å²) < 4.78 is 0. The summed E-state index contributed by atoms with van der Waals surface area (Å²) >= 11 is 0. The first-order valence-corrected chi connectivity index (χ1v) is 5.29. The van der Waals surface area contributed by atoms with Gasteiger partial charge in [-0.1, -0.05) is 24.1 Å². The minimum Gasteiger partial charge on any atom is -0.393 e. The predicted octanol–water partition coefficient (Wildman–Crippen LogP) is 1.42. The fraction of sp³-hybridized carbons (Fsp3) is 0.308. The lowest BCUT2D eigenvalue weighted by Crippen LogP contribution is -2.39. The number of para-hydroxylation sites is 1. The van der Waals surface area contributed by atoms with E-state index in [-0.39, 0.29) is 6.61 Å². The number of benzene rings is 1. The van der Waals surface area contributed by atoms with Gasteiger partial charge in [-0.25, -0.2) is 4.79 Å². The minimum atomic E-state index is -0.667. The van der Waals surface area contributed by atoms with Crippen LogP contribution in [0, 0.1) is 26.2 Å². The molecule has 3 N–H and O–H groups in total. The minimum absolute atomic E-state index is 0.281. The molecule has 1 aromatic carbocycles. The van der Waals surface area contributed by atoms with Gasteiger partial charge in [0.1, 0.15) is 6.04 Å². The smallest absolute Gasteiger partial charge is 0.320 e. The molecule has 0 bridgehead atoms.